The van der Waals surface area contributed by atoms with Crippen LogP contribution in [0.25, 0.3) is 90.3 Å². The van der Waals surface area contributed by atoms with Gasteiger partial charge in [-0.15, -0.1) is 0 Å². The lowest BCUT2D eigenvalue weighted by Gasteiger charge is -2.25. The molecule has 1 fully saturated rings. The standard InChI is InChI=1S/C25H28BN2.C24H28BN2.C23H26BN2.C21H22BN2/c1-18-21-13-7-6-12-20(21)17-28(26(18)2)25-16-23(19-10-4-5-11-19)22-14-8-9-15-24(22)27(25)3;1-17(2)14-20-15-24(26(5)23-13-9-8-12-22(20)23)27-16-19-10-6-7-11-21(19)18(3)25(27)4;1-16(2)21-14-23(25(5)22-13-9-8-12-20(21)22)26-15-18-10-6-7-11-19(18)17(3)24(26)4;1-15-13-21(23(4)20-12-8-7-10-18(15)20)24-14-17-9-5-6-11-19(17)16(2)22(24)3/h6-9,12-17,19H,4-5,10-11H2,1-3H3;6-13,15-17H,14H2,1-5H3;6-16H,1-5H3;5-14H,1-4H3/q4*+1. The van der Waals surface area contributed by atoms with Gasteiger partial charge < -0.3 is 0 Å². The van der Waals surface area contributed by atoms with E-state index >= 15 is 0 Å². The normalized spacial score (nSPS) is 14.8. The maximum atomic E-state index is 2.48. The van der Waals surface area contributed by atoms with Crippen LogP contribution in [0.15, 0.2) is 218 Å². The second-order valence-electron chi connectivity index (χ2n) is 31.1. The molecule has 0 spiro atoms. The summed E-state index contributed by atoms with van der Waals surface area (Å²) in [6, 6.07) is 79.5. The Kier molecular flexibility index (Phi) is 20.6. The summed E-state index contributed by atoms with van der Waals surface area (Å²) < 4.78 is 9.35. The first-order valence-electron chi connectivity index (χ1n) is 38.5. The van der Waals surface area contributed by atoms with E-state index in [4.69, 9.17) is 0 Å². The molecule has 524 valence electrons. The van der Waals surface area contributed by atoms with Crippen molar-refractivity contribution in [1.29, 1.82) is 0 Å². The van der Waals surface area contributed by atoms with E-state index in [0.717, 1.165) is 6.42 Å². The first-order chi connectivity index (χ1) is 50.7. The Balaban J connectivity index is 0.000000118. The fraction of sp³-hybridized carbons (Fsp3) is 0.269. The molecule has 5 aliphatic rings. The predicted octanol–water partition coefficient (Wildman–Crippen LogP) is 13.3. The number of hydrogen-bond donors (Lipinski definition) is 0. The van der Waals surface area contributed by atoms with Gasteiger partial charge in [-0.1, -0.05) is 210 Å². The lowest BCUT2D eigenvalue weighted by molar-refractivity contribution is -0.631. The molecule has 4 aliphatic heterocycles. The maximum Gasteiger partial charge on any atom is 0.405 e. The molecule has 8 heterocycles. The van der Waals surface area contributed by atoms with E-state index in [-0.39, 0.29) is 0 Å². The summed E-state index contributed by atoms with van der Waals surface area (Å²) in [7, 11) is 8.74. The summed E-state index contributed by atoms with van der Waals surface area (Å²) in [5, 5.41) is 16.1. The molecule has 0 atom stereocenters. The molecule has 12 aromatic rings. The average molecular weight is 1380 g/mol. The van der Waals surface area contributed by atoms with Crippen LogP contribution in [0.4, 0.5) is 23.3 Å². The highest BCUT2D eigenvalue weighted by Gasteiger charge is 2.38. The lowest BCUT2D eigenvalue weighted by atomic mass is 9.55. The van der Waals surface area contributed by atoms with Crippen molar-refractivity contribution in [3.8, 4) is 0 Å². The Morgan fingerprint density at radius 3 is 1.06 bits per heavy atom. The van der Waals surface area contributed by atoms with Crippen molar-refractivity contribution in [2.45, 2.75) is 134 Å². The van der Waals surface area contributed by atoms with Gasteiger partial charge in [0.1, 0.15) is 22.1 Å². The number of pyridine rings is 4. The van der Waals surface area contributed by atoms with Gasteiger partial charge in [-0.2, -0.15) is 0 Å². The topological polar surface area (TPSA) is 28.5 Å². The molecule has 0 radical (unpaired) electrons. The molecule has 8 aromatic carbocycles. The quantitative estimate of drug-likeness (QED) is 0.112. The SMILES string of the molecule is CB1C(C)=c2ccccc2=CN1c1cc(C(C)C)c2ccccc2[n+]1C.CB1C(C)=c2ccccc2=CN1c1cc(C)c2ccccc2[n+]1C.CB1C(C)=c2ccccc2=CN1c1cc(C2CCCC2)c2ccccc2[n+]1C.CB1C(C)=c2ccccc2=CN1c1cc(CC(C)C)c2ccccc2[n+]1C. The number of benzene rings is 8. The van der Waals surface area contributed by atoms with Gasteiger partial charge in [0.05, 0.1) is 53.0 Å². The van der Waals surface area contributed by atoms with Crippen molar-refractivity contribution in [3.63, 3.8) is 0 Å². The molecule has 17 rings (SSSR count). The van der Waals surface area contributed by atoms with E-state index in [1.54, 1.807) is 5.56 Å². The van der Waals surface area contributed by atoms with Crippen molar-refractivity contribution in [2.24, 2.45) is 34.1 Å². The van der Waals surface area contributed by atoms with Gasteiger partial charge in [-0.05, 0) is 188 Å². The van der Waals surface area contributed by atoms with Crippen LogP contribution < -0.4 is 79.3 Å². The lowest BCUT2D eigenvalue weighted by Crippen LogP contribution is -2.50. The number of aryl methyl sites for hydroxylation is 5. The molecular weight excluding hydrogens is 1270 g/mol. The molecule has 0 amide bonds. The molecule has 105 heavy (non-hydrogen) atoms. The Morgan fingerprint density at radius 2 is 0.657 bits per heavy atom. The summed E-state index contributed by atoms with van der Waals surface area (Å²) in [4.78, 5) is 9.74. The summed E-state index contributed by atoms with van der Waals surface area (Å²) >= 11 is 0. The number of fused-ring (bicyclic) bond motifs is 8. The van der Waals surface area contributed by atoms with E-state index in [9.17, 15) is 0 Å². The monoisotopic (exact) mass is 1380 g/mol. The number of hydrogen-bond acceptors (Lipinski definition) is 4. The van der Waals surface area contributed by atoms with Crippen molar-refractivity contribution in [3.05, 3.63) is 282 Å². The average Bonchev–Trinajstić information content (AvgIpc) is 1.02. The summed E-state index contributed by atoms with van der Waals surface area (Å²) in [5.41, 5.74) is 16.6. The number of rotatable bonds is 8. The smallest absolute Gasteiger partial charge is 0.293 e. The number of para-hydroxylation sites is 4. The zero-order valence-corrected chi connectivity index (χ0v) is 65.2. The van der Waals surface area contributed by atoms with Gasteiger partial charge in [0.25, 0.3) is 23.3 Å². The van der Waals surface area contributed by atoms with E-state index in [0.29, 0.717) is 45.1 Å². The molecular formula is C93H104B4N8+4. The third-order valence-electron chi connectivity index (χ3n) is 24.0. The zero-order chi connectivity index (χ0) is 73.6. The van der Waals surface area contributed by atoms with Crippen molar-refractivity contribution < 1.29 is 18.3 Å². The molecule has 1 aliphatic carbocycles. The van der Waals surface area contributed by atoms with Crippen LogP contribution in [0.3, 0.4) is 0 Å². The van der Waals surface area contributed by atoms with Crippen molar-refractivity contribution in [1.82, 2.24) is 0 Å². The number of nitrogens with zero attached hydrogens (tertiary/aromatic N) is 8. The van der Waals surface area contributed by atoms with Crippen LogP contribution in [0.5, 0.6) is 0 Å². The predicted molar refractivity (Wildman–Crippen MR) is 452 cm³/mol. The first-order valence-corrected chi connectivity index (χ1v) is 38.5. The molecule has 4 aromatic heterocycles. The van der Waals surface area contributed by atoms with E-state index in [2.05, 4.69) is 398 Å². The van der Waals surface area contributed by atoms with Crippen molar-refractivity contribution >= 4 is 141 Å². The minimum Gasteiger partial charge on any atom is -0.293 e. The van der Waals surface area contributed by atoms with Crippen LogP contribution in [0, 0.1) is 12.8 Å². The molecule has 12 heteroatoms. The molecule has 0 N–H and O–H groups in total. The second kappa shape index (κ2) is 30.1. The van der Waals surface area contributed by atoms with Crippen molar-refractivity contribution in [2.75, 3.05) is 19.2 Å². The Morgan fingerprint density at radius 1 is 0.352 bits per heavy atom. The Hall–Kier alpha value is -10.2. The summed E-state index contributed by atoms with van der Waals surface area (Å²) in [5.74, 6) is 6.83. The van der Waals surface area contributed by atoms with Gasteiger partial charge in [0, 0.05) is 66.7 Å². The van der Waals surface area contributed by atoms with Gasteiger partial charge in [0.2, 0.25) is 0 Å². The van der Waals surface area contributed by atoms with Crippen LogP contribution in [0.1, 0.15) is 115 Å². The van der Waals surface area contributed by atoms with Gasteiger partial charge >= 0.3 is 27.4 Å². The fourth-order valence-electron chi connectivity index (χ4n) is 17.3. The maximum absolute atomic E-state index is 2.48. The summed E-state index contributed by atoms with van der Waals surface area (Å²) in [6.45, 7) is 31.0. The Labute approximate surface area is 624 Å². The first kappa shape index (κ1) is 71.8. The number of aromatic nitrogens is 4. The largest absolute Gasteiger partial charge is 0.405 e. The molecule has 0 saturated heterocycles. The minimum atomic E-state index is 0.331. The van der Waals surface area contributed by atoms with Gasteiger partial charge in [0.15, 0.2) is 0 Å². The molecule has 0 unspecified atom stereocenters. The Bertz CT molecular complexity index is 5940. The molecule has 1 saturated carbocycles. The second-order valence-corrected chi connectivity index (χ2v) is 31.1. The van der Waals surface area contributed by atoms with Crippen LogP contribution in [0.2, 0.25) is 27.3 Å². The highest BCUT2D eigenvalue weighted by atomic mass is 15.2. The fourth-order valence-corrected chi connectivity index (χ4v) is 17.3. The van der Waals surface area contributed by atoms with Crippen LogP contribution in [-0.4, -0.2) is 27.4 Å². The molecule has 0 bridgehead atoms. The third-order valence-corrected chi connectivity index (χ3v) is 24.0. The van der Waals surface area contributed by atoms with E-state index in [1.807, 2.05) is 0 Å². The highest BCUT2D eigenvalue weighted by Crippen LogP contribution is 2.39. The minimum absolute atomic E-state index is 0.331. The van der Waals surface area contributed by atoms with Gasteiger partial charge in [-0.25, -0.2) is 18.3 Å². The van der Waals surface area contributed by atoms with Gasteiger partial charge in [-0.3, -0.25) is 19.2 Å². The summed E-state index contributed by atoms with van der Waals surface area (Å²) in [6.07, 6.45) is 15.7. The zero-order valence-electron chi connectivity index (χ0n) is 65.2. The third kappa shape index (κ3) is 13.6. The highest BCUT2D eigenvalue weighted by molar-refractivity contribution is 6.82. The van der Waals surface area contributed by atoms with Crippen LogP contribution >= 0.6 is 0 Å². The van der Waals surface area contributed by atoms with E-state index < -0.39 is 0 Å². The van der Waals surface area contributed by atoms with E-state index in [1.165, 1.54) is 173 Å². The van der Waals surface area contributed by atoms with Crippen LogP contribution in [-0.2, 0) is 34.6 Å². The number of anilines is 4. The molecule has 8 nitrogen and oxygen atoms in total.